The predicted molar refractivity (Wildman–Crippen MR) is 43.5 cm³/mol. The quantitative estimate of drug-likeness (QED) is 0.411. The summed E-state index contributed by atoms with van der Waals surface area (Å²) in [6.45, 7) is 10.2. The Morgan fingerprint density at radius 3 is 1.88 bits per heavy atom. The highest BCUT2D eigenvalue weighted by molar-refractivity contribution is 6.70. The van der Waals surface area contributed by atoms with Crippen LogP contribution in [0.1, 0.15) is 0 Å². The second-order valence-corrected chi connectivity index (χ2v) is 8.46. The molecule has 48 valence electrons. The van der Waals surface area contributed by atoms with Crippen molar-refractivity contribution in [3.05, 3.63) is 12.0 Å². The minimum Gasteiger partial charge on any atom is -0.553 e. The average molecular weight is 146 g/mol. The lowest BCUT2D eigenvalue weighted by Gasteiger charge is -2.18. The van der Waals surface area contributed by atoms with Gasteiger partial charge in [0.25, 0.3) is 0 Å². The Morgan fingerprint density at radius 2 is 1.88 bits per heavy atom. The molecule has 0 unspecified atom stereocenters. The number of rotatable bonds is 2. The molecule has 0 spiro atoms. The van der Waals surface area contributed by atoms with E-state index in [4.69, 9.17) is 4.43 Å². The molecule has 0 aliphatic heterocycles. The van der Waals surface area contributed by atoms with Crippen LogP contribution in [0.2, 0.25) is 19.6 Å². The zero-order valence-electron chi connectivity index (χ0n) is 6.12. The van der Waals surface area contributed by atoms with E-state index in [2.05, 4.69) is 26.2 Å². The van der Waals surface area contributed by atoms with Crippen molar-refractivity contribution in [2.24, 2.45) is 0 Å². The summed E-state index contributed by atoms with van der Waals surface area (Å²) < 4.78 is 5.44. The molecule has 0 aromatic heterocycles. The third-order valence-corrected chi connectivity index (χ3v) is 2.05. The first-order valence-corrected chi connectivity index (χ1v) is 7.17. The highest BCUT2D eigenvalue weighted by atomic mass is 28.4. The van der Waals surface area contributed by atoms with Crippen molar-refractivity contribution in [1.82, 2.24) is 0 Å². The van der Waals surface area contributed by atoms with Gasteiger partial charge in [0.15, 0.2) is 0 Å². The van der Waals surface area contributed by atoms with Gasteiger partial charge in [0.2, 0.25) is 8.32 Å². The van der Waals surface area contributed by atoms with Crippen molar-refractivity contribution in [1.29, 1.82) is 0 Å². The van der Waals surface area contributed by atoms with E-state index in [0.29, 0.717) is 0 Å². The summed E-state index contributed by atoms with van der Waals surface area (Å²) in [5.41, 5.74) is 0. The lowest BCUT2D eigenvalue weighted by Crippen LogP contribution is -2.24. The molecule has 0 aliphatic rings. The molecule has 0 bridgehead atoms. The van der Waals surface area contributed by atoms with Gasteiger partial charge in [-0.25, -0.2) is 0 Å². The Kier molecular flexibility index (Phi) is 2.49. The zero-order valence-corrected chi connectivity index (χ0v) is 9.12. The Labute approximate surface area is 55.3 Å². The van der Waals surface area contributed by atoms with Gasteiger partial charge in [-0.15, -0.1) is 0 Å². The molecule has 0 fully saturated rings. The van der Waals surface area contributed by atoms with Gasteiger partial charge in [0.05, 0.1) is 10.2 Å². The van der Waals surface area contributed by atoms with Crippen LogP contribution in [0.15, 0.2) is 12.0 Å². The van der Waals surface area contributed by atoms with E-state index in [0.717, 1.165) is 15.6 Å². The summed E-state index contributed by atoms with van der Waals surface area (Å²) >= 11 is 0. The SMILES string of the molecule is C=C([SiH3])O[Si](C)(C)C. The first kappa shape index (κ1) is 7.97. The van der Waals surface area contributed by atoms with E-state index in [1.807, 2.05) is 0 Å². The maximum Gasteiger partial charge on any atom is 0.241 e. The second-order valence-electron chi connectivity index (χ2n) is 2.92. The van der Waals surface area contributed by atoms with Crippen molar-refractivity contribution in [2.75, 3.05) is 0 Å². The second kappa shape index (κ2) is 2.50. The average Bonchev–Trinajstić information content (AvgIpc) is 1.21. The standard InChI is InChI=1S/C5H14OSi2/c1-5(7)6-8(2,3)4/h1H2,2-4,7H3. The molecular formula is C5H14OSi2. The van der Waals surface area contributed by atoms with E-state index in [9.17, 15) is 0 Å². The largest absolute Gasteiger partial charge is 0.553 e. The summed E-state index contributed by atoms with van der Waals surface area (Å²) in [5.74, 6) is 0. The van der Waals surface area contributed by atoms with Gasteiger partial charge in [-0.3, -0.25) is 0 Å². The molecule has 0 aliphatic carbocycles. The minimum atomic E-state index is -1.29. The van der Waals surface area contributed by atoms with Gasteiger partial charge in [0.1, 0.15) is 0 Å². The first-order valence-electron chi connectivity index (χ1n) is 2.76. The summed E-state index contributed by atoms with van der Waals surface area (Å²) in [6.07, 6.45) is 0. The molecule has 0 atom stereocenters. The van der Waals surface area contributed by atoms with E-state index in [1.54, 1.807) is 0 Å². The topological polar surface area (TPSA) is 9.23 Å². The van der Waals surface area contributed by atoms with Gasteiger partial charge in [-0.05, 0) is 19.6 Å². The molecule has 0 heterocycles. The predicted octanol–water partition coefficient (Wildman–Crippen LogP) is 0.674. The van der Waals surface area contributed by atoms with Crippen molar-refractivity contribution in [3.63, 3.8) is 0 Å². The van der Waals surface area contributed by atoms with Crippen LogP contribution in [0.3, 0.4) is 0 Å². The van der Waals surface area contributed by atoms with Crippen molar-refractivity contribution >= 4 is 18.6 Å². The van der Waals surface area contributed by atoms with Crippen molar-refractivity contribution in [2.45, 2.75) is 19.6 Å². The fraction of sp³-hybridized carbons (Fsp3) is 0.600. The van der Waals surface area contributed by atoms with Gasteiger partial charge in [-0.2, -0.15) is 0 Å². The summed E-state index contributed by atoms with van der Waals surface area (Å²) in [4.78, 5) is 0. The zero-order chi connectivity index (χ0) is 6.78. The highest BCUT2D eigenvalue weighted by Crippen LogP contribution is 2.05. The molecule has 0 aromatic rings. The molecule has 8 heavy (non-hydrogen) atoms. The van der Waals surface area contributed by atoms with Crippen LogP contribution in [-0.2, 0) is 4.43 Å². The molecular weight excluding hydrogens is 132 g/mol. The maximum atomic E-state index is 5.44. The molecule has 0 saturated carbocycles. The van der Waals surface area contributed by atoms with E-state index in [-0.39, 0.29) is 0 Å². The fourth-order valence-electron chi connectivity index (χ4n) is 0.523. The van der Waals surface area contributed by atoms with Crippen LogP contribution in [0.25, 0.3) is 0 Å². The van der Waals surface area contributed by atoms with Gasteiger partial charge in [-0.1, -0.05) is 6.58 Å². The van der Waals surface area contributed by atoms with Crippen LogP contribution in [0, 0.1) is 0 Å². The summed E-state index contributed by atoms with van der Waals surface area (Å²) in [6, 6.07) is 0. The molecule has 3 heteroatoms. The number of hydrogen-bond donors (Lipinski definition) is 0. The lowest BCUT2D eigenvalue weighted by atomic mass is 11.2. The van der Waals surface area contributed by atoms with Crippen LogP contribution < -0.4 is 0 Å². The lowest BCUT2D eigenvalue weighted by molar-refractivity contribution is 0.462. The third-order valence-electron chi connectivity index (χ3n) is 0.480. The summed E-state index contributed by atoms with van der Waals surface area (Å²) in [7, 11) is -0.317. The third kappa shape index (κ3) is 5.97. The Hall–Kier alpha value is -0.0262. The van der Waals surface area contributed by atoms with E-state index < -0.39 is 8.32 Å². The maximum absolute atomic E-state index is 5.44. The molecule has 0 amide bonds. The molecule has 0 radical (unpaired) electrons. The van der Waals surface area contributed by atoms with Crippen LogP contribution >= 0.6 is 0 Å². The normalized spacial score (nSPS) is 11.4. The first-order chi connectivity index (χ1) is 3.42. The molecule has 0 rings (SSSR count). The fourth-order valence-corrected chi connectivity index (χ4v) is 3.41. The number of hydrogen-bond acceptors (Lipinski definition) is 1. The Bertz CT molecular complexity index is 93.1. The highest BCUT2D eigenvalue weighted by Gasteiger charge is 2.14. The van der Waals surface area contributed by atoms with Crippen LogP contribution in [-0.4, -0.2) is 18.6 Å². The molecule has 0 aromatic carbocycles. The van der Waals surface area contributed by atoms with Crippen LogP contribution in [0.4, 0.5) is 0 Å². The molecule has 1 nitrogen and oxygen atoms in total. The van der Waals surface area contributed by atoms with Gasteiger partial charge < -0.3 is 4.43 Å². The van der Waals surface area contributed by atoms with Gasteiger partial charge in [0, 0.05) is 5.38 Å². The van der Waals surface area contributed by atoms with E-state index >= 15 is 0 Å². The van der Waals surface area contributed by atoms with Crippen molar-refractivity contribution < 1.29 is 4.43 Å². The smallest absolute Gasteiger partial charge is 0.241 e. The minimum absolute atomic E-state index is 0.968. The van der Waals surface area contributed by atoms with Gasteiger partial charge >= 0.3 is 0 Å². The van der Waals surface area contributed by atoms with E-state index in [1.165, 1.54) is 0 Å². The van der Waals surface area contributed by atoms with Crippen molar-refractivity contribution in [3.8, 4) is 0 Å². The van der Waals surface area contributed by atoms with Crippen LogP contribution in [0.5, 0.6) is 0 Å². The monoisotopic (exact) mass is 146 g/mol. The Balaban J connectivity index is 3.55. The summed E-state index contributed by atoms with van der Waals surface area (Å²) in [5, 5.41) is 0.976. The molecule has 0 N–H and O–H groups in total. The Morgan fingerprint density at radius 1 is 1.50 bits per heavy atom. The molecule has 0 saturated heterocycles.